The van der Waals surface area contributed by atoms with Gasteiger partial charge in [-0.1, -0.05) is 24.3 Å². The van der Waals surface area contributed by atoms with Gasteiger partial charge in [0.1, 0.15) is 6.04 Å². The van der Waals surface area contributed by atoms with E-state index in [1.165, 1.54) is 6.92 Å². The Morgan fingerprint density at radius 3 is 2.44 bits per heavy atom. The molecule has 1 aliphatic heterocycles. The molecule has 1 aliphatic rings. The summed E-state index contributed by atoms with van der Waals surface area (Å²) < 4.78 is 30.2. The number of nitrogens with one attached hydrogen (secondary N) is 1. The van der Waals surface area contributed by atoms with E-state index in [1.807, 2.05) is 0 Å². The highest BCUT2D eigenvalue weighted by Crippen LogP contribution is 2.26. The summed E-state index contributed by atoms with van der Waals surface area (Å²) in [6.07, 6.45) is -0.157. The van der Waals surface area contributed by atoms with E-state index in [0.29, 0.717) is 0 Å². The molecular weight excluding hydrogens is 350 g/mol. The van der Waals surface area contributed by atoms with Gasteiger partial charge in [0.15, 0.2) is 6.10 Å². The van der Waals surface area contributed by atoms with Gasteiger partial charge in [0.25, 0.3) is 5.91 Å². The monoisotopic (exact) mass is 369 g/mol. The molecular formula is C15H19N3O6S. The number of fused-ring (bicyclic) bond motifs is 1. The molecule has 0 spiro atoms. The number of urea groups is 1. The maximum Gasteiger partial charge on any atom is 0.325 e. The zero-order chi connectivity index (χ0) is 18.8. The molecule has 1 heterocycles. The Labute approximate surface area is 145 Å². The standard InChI is InChI=1S/C15H19N3O6S/c1-9(13(19)17-15(16)21)24-14(20)12-7-10-5-3-4-6-11(10)8-18(12)25(2,22)23/h3-6,9,12H,7-8H2,1-2H3,(H3,16,17,19,21)/t9-,12-/m0/s1. The van der Waals surface area contributed by atoms with Crippen LogP contribution < -0.4 is 11.1 Å². The highest BCUT2D eigenvalue weighted by molar-refractivity contribution is 7.88. The summed E-state index contributed by atoms with van der Waals surface area (Å²) in [7, 11) is -3.68. The van der Waals surface area contributed by atoms with Gasteiger partial charge < -0.3 is 10.5 Å². The van der Waals surface area contributed by atoms with Gasteiger partial charge in [0.05, 0.1) is 6.26 Å². The number of rotatable bonds is 4. The zero-order valence-corrected chi connectivity index (χ0v) is 14.6. The third-order valence-electron chi connectivity index (χ3n) is 3.81. The number of primary amides is 1. The molecule has 10 heteroatoms. The molecule has 0 saturated heterocycles. The zero-order valence-electron chi connectivity index (χ0n) is 13.8. The third kappa shape index (κ3) is 4.54. The Morgan fingerprint density at radius 1 is 1.28 bits per heavy atom. The molecule has 0 bridgehead atoms. The predicted octanol–water partition coefficient (Wildman–Crippen LogP) is -0.500. The summed E-state index contributed by atoms with van der Waals surface area (Å²) in [6, 6.07) is 5.01. The maximum atomic E-state index is 12.4. The van der Waals surface area contributed by atoms with Crippen LogP contribution >= 0.6 is 0 Å². The Bertz CT molecular complexity index is 807. The van der Waals surface area contributed by atoms with E-state index in [1.54, 1.807) is 29.6 Å². The smallest absolute Gasteiger partial charge is 0.325 e. The van der Waals surface area contributed by atoms with Crippen molar-refractivity contribution in [1.29, 1.82) is 0 Å². The number of benzene rings is 1. The summed E-state index contributed by atoms with van der Waals surface area (Å²) in [5.74, 6) is -1.75. The number of carbonyl (C=O) groups excluding carboxylic acids is 3. The van der Waals surface area contributed by atoms with Crippen LogP contribution in [0, 0.1) is 0 Å². The van der Waals surface area contributed by atoms with Crippen LogP contribution in [0.5, 0.6) is 0 Å². The molecule has 1 aromatic rings. The van der Waals surface area contributed by atoms with E-state index >= 15 is 0 Å². The van der Waals surface area contributed by atoms with Crippen LogP contribution in [0.4, 0.5) is 4.79 Å². The highest BCUT2D eigenvalue weighted by atomic mass is 32.2. The van der Waals surface area contributed by atoms with Crippen molar-refractivity contribution in [1.82, 2.24) is 9.62 Å². The molecule has 0 unspecified atom stereocenters. The molecule has 0 fully saturated rings. The van der Waals surface area contributed by atoms with Gasteiger partial charge in [-0.15, -0.1) is 0 Å². The van der Waals surface area contributed by atoms with Crippen LogP contribution in [0.2, 0.25) is 0 Å². The number of sulfonamides is 1. The van der Waals surface area contributed by atoms with Crippen molar-refractivity contribution in [2.45, 2.75) is 32.0 Å². The van der Waals surface area contributed by atoms with Crippen LogP contribution in [0.3, 0.4) is 0 Å². The average Bonchev–Trinajstić information content (AvgIpc) is 2.52. The van der Waals surface area contributed by atoms with Crippen LogP contribution in [0.25, 0.3) is 0 Å². The Kier molecular flexibility index (Phi) is 5.43. The molecule has 0 aliphatic carbocycles. The number of imide groups is 1. The van der Waals surface area contributed by atoms with Crippen LogP contribution in [-0.4, -0.2) is 49.0 Å². The first-order valence-corrected chi connectivity index (χ1v) is 9.29. The van der Waals surface area contributed by atoms with E-state index in [-0.39, 0.29) is 13.0 Å². The lowest BCUT2D eigenvalue weighted by molar-refractivity contribution is -0.158. The van der Waals surface area contributed by atoms with Gasteiger partial charge in [0.2, 0.25) is 10.0 Å². The maximum absolute atomic E-state index is 12.4. The number of nitrogens with zero attached hydrogens (tertiary/aromatic N) is 1. The molecule has 0 aromatic heterocycles. The molecule has 9 nitrogen and oxygen atoms in total. The van der Waals surface area contributed by atoms with Gasteiger partial charge in [-0.2, -0.15) is 4.31 Å². The minimum absolute atomic E-state index is 0.0383. The SMILES string of the molecule is C[C@H](OC(=O)[C@@H]1Cc2ccccc2CN1S(C)(=O)=O)C(=O)NC(N)=O. The lowest BCUT2D eigenvalue weighted by Gasteiger charge is -2.33. The fourth-order valence-corrected chi connectivity index (χ4v) is 3.57. The first-order valence-electron chi connectivity index (χ1n) is 7.44. The predicted molar refractivity (Wildman–Crippen MR) is 87.6 cm³/mol. The summed E-state index contributed by atoms with van der Waals surface area (Å²) in [5.41, 5.74) is 6.47. The number of ether oxygens (including phenoxy) is 1. The van der Waals surface area contributed by atoms with E-state index in [0.717, 1.165) is 21.7 Å². The molecule has 2 rings (SSSR count). The number of esters is 1. The van der Waals surface area contributed by atoms with Gasteiger partial charge >= 0.3 is 12.0 Å². The largest absolute Gasteiger partial charge is 0.451 e. The van der Waals surface area contributed by atoms with E-state index in [9.17, 15) is 22.8 Å². The third-order valence-corrected chi connectivity index (χ3v) is 5.05. The second kappa shape index (κ2) is 7.19. The Morgan fingerprint density at radius 2 is 1.88 bits per heavy atom. The Balaban J connectivity index is 2.21. The fourth-order valence-electron chi connectivity index (χ4n) is 2.58. The normalized spacial score (nSPS) is 18.7. The highest BCUT2D eigenvalue weighted by Gasteiger charge is 2.38. The van der Waals surface area contributed by atoms with Crippen molar-refractivity contribution >= 4 is 27.9 Å². The van der Waals surface area contributed by atoms with Crippen molar-refractivity contribution in [3.8, 4) is 0 Å². The molecule has 136 valence electrons. The number of carbonyl (C=O) groups is 3. The summed E-state index contributed by atoms with van der Waals surface area (Å²) in [6.45, 7) is 1.30. The summed E-state index contributed by atoms with van der Waals surface area (Å²) in [4.78, 5) is 34.8. The van der Waals surface area contributed by atoms with E-state index in [2.05, 4.69) is 0 Å². The van der Waals surface area contributed by atoms with Gasteiger partial charge in [0, 0.05) is 13.0 Å². The summed E-state index contributed by atoms with van der Waals surface area (Å²) >= 11 is 0. The number of amides is 3. The van der Waals surface area contributed by atoms with Crippen LogP contribution in [-0.2, 0) is 37.3 Å². The molecule has 1 aromatic carbocycles. The van der Waals surface area contributed by atoms with Crippen molar-refractivity contribution in [2.24, 2.45) is 5.73 Å². The minimum Gasteiger partial charge on any atom is -0.451 e. The molecule has 2 atom stereocenters. The van der Waals surface area contributed by atoms with Crippen molar-refractivity contribution in [2.75, 3.05) is 6.26 Å². The molecule has 0 radical (unpaired) electrons. The molecule has 25 heavy (non-hydrogen) atoms. The molecule has 0 saturated carbocycles. The average molecular weight is 369 g/mol. The van der Waals surface area contributed by atoms with Crippen LogP contribution in [0.15, 0.2) is 24.3 Å². The van der Waals surface area contributed by atoms with Gasteiger partial charge in [-0.05, 0) is 18.1 Å². The molecule has 3 amide bonds. The first-order chi connectivity index (χ1) is 11.6. The van der Waals surface area contributed by atoms with Crippen molar-refractivity contribution in [3.63, 3.8) is 0 Å². The minimum atomic E-state index is -3.68. The van der Waals surface area contributed by atoms with Gasteiger partial charge in [-0.25, -0.2) is 13.2 Å². The second-order valence-electron chi connectivity index (χ2n) is 5.73. The molecule has 3 N–H and O–H groups in total. The fraction of sp³-hybridized carbons (Fsp3) is 0.400. The Hall–Kier alpha value is -2.46. The number of hydrogen-bond acceptors (Lipinski definition) is 6. The first kappa shape index (κ1) is 18.9. The van der Waals surface area contributed by atoms with Crippen molar-refractivity contribution in [3.05, 3.63) is 35.4 Å². The topological polar surface area (TPSA) is 136 Å². The van der Waals surface area contributed by atoms with E-state index < -0.39 is 40.1 Å². The lowest BCUT2D eigenvalue weighted by Crippen LogP contribution is -2.50. The summed E-state index contributed by atoms with van der Waals surface area (Å²) in [5, 5.41) is 1.80. The second-order valence-corrected chi connectivity index (χ2v) is 7.66. The van der Waals surface area contributed by atoms with Crippen LogP contribution in [0.1, 0.15) is 18.1 Å². The van der Waals surface area contributed by atoms with E-state index in [4.69, 9.17) is 10.5 Å². The number of nitrogens with two attached hydrogens (primary N) is 1. The van der Waals surface area contributed by atoms with Gasteiger partial charge in [-0.3, -0.25) is 14.9 Å². The lowest BCUT2D eigenvalue weighted by atomic mass is 9.96. The quantitative estimate of drug-likeness (QED) is 0.687. The van der Waals surface area contributed by atoms with Crippen molar-refractivity contribution < 1.29 is 27.5 Å². The number of hydrogen-bond donors (Lipinski definition) is 2.